The van der Waals surface area contributed by atoms with Gasteiger partial charge in [0.05, 0.1) is 11.1 Å². The molecule has 7 heteroatoms. The van der Waals surface area contributed by atoms with Gasteiger partial charge in [0.2, 0.25) is 0 Å². The van der Waals surface area contributed by atoms with Crippen LogP contribution < -0.4 is 5.73 Å². The highest BCUT2D eigenvalue weighted by molar-refractivity contribution is 5.88. The van der Waals surface area contributed by atoms with Crippen molar-refractivity contribution in [3.05, 3.63) is 35.4 Å². The van der Waals surface area contributed by atoms with Gasteiger partial charge in [-0.15, -0.1) is 0 Å². The number of hydrogen-bond acceptors (Lipinski definition) is 4. The van der Waals surface area contributed by atoms with Gasteiger partial charge in [0.15, 0.2) is 23.2 Å². The van der Waals surface area contributed by atoms with Gasteiger partial charge in [0, 0.05) is 6.07 Å². The van der Waals surface area contributed by atoms with E-state index < -0.39 is 23.2 Å². The molecule has 0 atom stereocenters. The molecule has 17 heavy (non-hydrogen) atoms. The van der Waals surface area contributed by atoms with Crippen molar-refractivity contribution in [1.29, 1.82) is 0 Å². The number of nitrogen functional groups attached to an aromatic ring is 1. The van der Waals surface area contributed by atoms with Gasteiger partial charge >= 0.3 is 5.97 Å². The molecule has 2 aromatic rings. The molecule has 0 saturated carbocycles. The van der Waals surface area contributed by atoms with E-state index >= 15 is 0 Å². The number of halogens is 2. The van der Waals surface area contributed by atoms with Crippen molar-refractivity contribution < 1.29 is 23.2 Å². The molecule has 2 rings (SSSR count). The zero-order valence-corrected chi connectivity index (χ0v) is 8.28. The summed E-state index contributed by atoms with van der Waals surface area (Å²) in [5.74, 6) is -4.38. The minimum atomic E-state index is -1.55. The highest BCUT2D eigenvalue weighted by Gasteiger charge is 2.20. The summed E-state index contributed by atoms with van der Waals surface area (Å²) < 4.78 is 31.6. The Morgan fingerprint density at radius 3 is 2.59 bits per heavy atom. The third-order valence-electron chi connectivity index (χ3n) is 2.11. The first-order valence-corrected chi connectivity index (χ1v) is 4.44. The first-order chi connectivity index (χ1) is 8.00. The minimum absolute atomic E-state index is 0.0159. The lowest BCUT2D eigenvalue weighted by molar-refractivity contribution is 0.0690. The molecule has 5 nitrogen and oxygen atoms in total. The topological polar surface area (TPSA) is 89.4 Å². The molecule has 0 aliphatic carbocycles. The van der Waals surface area contributed by atoms with Crippen molar-refractivity contribution in [3.63, 3.8) is 0 Å². The molecule has 0 bridgehead atoms. The lowest BCUT2D eigenvalue weighted by Gasteiger charge is -2.02. The summed E-state index contributed by atoms with van der Waals surface area (Å²) in [6, 6.07) is 3.23. The second-order valence-corrected chi connectivity index (χ2v) is 3.21. The summed E-state index contributed by atoms with van der Waals surface area (Å²) >= 11 is 0. The van der Waals surface area contributed by atoms with Crippen LogP contribution in [0.15, 0.2) is 22.7 Å². The van der Waals surface area contributed by atoms with E-state index in [0.29, 0.717) is 0 Å². The smallest absolute Gasteiger partial charge is 0.338 e. The molecular formula is C10H6F2N2O3. The molecule has 0 saturated heterocycles. The fourth-order valence-electron chi connectivity index (χ4n) is 1.32. The minimum Gasteiger partial charge on any atom is -0.478 e. The van der Waals surface area contributed by atoms with E-state index in [0.717, 1.165) is 12.1 Å². The lowest BCUT2D eigenvalue weighted by Crippen LogP contribution is -2.03. The Labute approximate surface area is 93.4 Å². The molecule has 0 unspecified atom stereocenters. The standard InChI is InChI=1S/C10H6F2N2O3/c11-8-4(6-3-7(13)14-17-6)1-2-5(9(8)12)10(15)16/h1-3H,(H2,13,14)(H,15,16). The van der Waals surface area contributed by atoms with E-state index in [1.54, 1.807) is 0 Å². The van der Waals surface area contributed by atoms with E-state index in [1.807, 2.05) is 0 Å². The largest absolute Gasteiger partial charge is 0.478 e. The molecule has 0 spiro atoms. The molecule has 1 aromatic heterocycles. The quantitative estimate of drug-likeness (QED) is 0.836. The van der Waals surface area contributed by atoms with Crippen LogP contribution in [0.5, 0.6) is 0 Å². The maximum Gasteiger partial charge on any atom is 0.338 e. The van der Waals surface area contributed by atoms with E-state index in [4.69, 9.17) is 10.8 Å². The van der Waals surface area contributed by atoms with Gasteiger partial charge in [-0.1, -0.05) is 5.16 Å². The highest BCUT2D eigenvalue weighted by atomic mass is 19.2. The Morgan fingerprint density at radius 1 is 1.35 bits per heavy atom. The van der Waals surface area contributed by atoms with E-state index in [-0.39, 0.29) is 17.1 Å². The lowest BCUT2D eigenvalue weighted by atomic mass is 10.1. The fourth-order valence-corrected chi connectivity index (χ4v) is 1.32. The highest BCUT2D eigenvalue weighted by Crippen LogP contribution is 2.27. The van der Waals surface area contributed by atoms with Crippen LogP contribution in [0.3, 0.4) is 0 Å². The summed E-state index contributed by atoms with van der Waals surface area (Å²) in [6.07, 6.45) is 0. The number of hydrogen-bond donors (Lipinski definition) is 2. The van der Waals surface area contributed by atoms with Crippen LogP contribution in [0.25, 0.3) is 11.3 Å². The molecule has 0 amide bonds. The fraction of sp³-hybridized carbons (Fsp3) is 0. The predicted octanol–water partition coefficient (Wildman–Crippen LogP) is 1.90. The van der Waals surface area contributed by atoms with Gasteiger partial charge in [-0.25, -0.2) is 13.6 Å². The van der Waals surface area contributed by atoms with Gasteiger partial charge < -0.3 is 15.4 Å². The van der Waals surface area contributed by atoms with Crippen molar-refractivity contribution >= 4 is 11.8 Å². The van der Waals surface area contributed by atoms with Gasteiger partial charge in [0.1, 0.15) is 0 Å². The average molecular weight is 240 g/mol. The Balaban J connectivity index is 2.58. The normalized spacial score (nSPS) is 10.5. The molecule has 3 N–H and O–H groups in total. The SMILES string of the molecule is Nc1cc(-c2ccc(C(=O)O)c(F)c2F)on1. The zero-order valence-electron chi connectivity index (χ0n) is 8.28. The first-order valence-electron chi connectivity index (χ1n) is 4.44. The number of anilines is 1. The maximum absolute atomic E-state index is 13.6. The van der Waals surface area contributed by atoms with Crippen LogP contribution in [0, 0.1) is 11.6 Å². The summed E-state index contributed by atoms with van der Waals surface area (Å²) in [4.78, 5) is 10.6. The van der Waals surface area contributed by atoms with Crippen molar-refractivity contribution in [1.82, 2.24) is 5.16 Å². The number of benzene rings is 1. The van der Waals surface area contributed by atoms with Crippen LogP contribution in [-0.4, -0.2) is 16.2 Å². The maximum atomic E-state index is 13.6. The molecule has 88 valence electrons. The Kier molecular flexibility index (Phi) is 2.51. The molecule has 1 heterocycles. The Bertz CT molecular complexity index is 595. The van der Waals surface area contributed by atoms with E-state index in [9.17, 15) is 13.6 Å². The van der Waals surface area contributed by atoms with Crippen molar-refractivity contribution in [2.75, 3.05) is 5.73 Å². The number of aromatic carboxylic acids is 1. The van der Waals surface area contributed by atoms with Gasteiger partial charge in [0.25, 0.3) is 0 Å². The number of rotatable bonds is 2. The Morgan fingerprint density at radius 2 is 2.06 bits per heavy atom. The number of carbonyl (C=O) groups is 1. The first kappa shape index (κ1) is 11.1. The van der Waals surface area contributed by atoms with Crippen LogP contribution in [0.2, 0.25) is 0 Å². The molecule has 0 fully saturated rings. The van der Waals surface area contributed by atoms with Crippen LogP contribution in [0.4, 0.5) is 14.6 Å². The van der Waals surface area contributed by atoms with E-state index in [2.05, 4.69) is 9.68 Å². The summed E-state index contributed by atoms with van der Waals surface area (Å²) in [5.41, 5.74) is 4.28. The monoisotopic (exact) mass is 240 g/mol. The number of aromatic nitrogens is 1. The van der Waals surface area contributed by atoms with Crippen LogP contribution in [0.1, 0.15) is 10.4 Å². The van der Waals surface area contributed by atoms with Gasteiger partial charge in [-0.3, -0.25) is 0 Å². The van der Waals surface area contributed by atoms with Gasteiger partial charge in [-0.2, -0.15) is 0 Å². The predicted molar refractivity (Wildman–Crippen MR) is 53.2 cm³/mol. The third-order valence-corrected chi connectivity index (χ3v) is 2.11. The van der Waals surface area contributed by atoms with Crippen LogP contribution in [-0.2, 0) is 0 Å². The molecule has 0 aliphatic rings. The number of nitrogens with zero attached hydrogens (tertiary/aromatic N) is 1. The van der Waals surface area contributed by atoms with Crippen molar-refractivity contribution in [3.8, 4) is 11.3 Å². The molecule has 0 radical (unpaired) electrons. The number of carboxylic acids is 1. The third kappa shape index (κ3) is 1.82. The molecule has 1 aromatic carbocycles. The summed E-state index contributed by atoms with van der Waals surface area (Å²) in [5, 5.41) is 11.9. The summed E-state index contributed by atoms with van der Waals surface area (Å²) in [7, 11) is 0. The van der Waals surface area contributed by atoms with Crippen LogP contribution >= 0.6 is 0 Å². The second-order valence-electron chi connectivity index (χ2n) is 3.21. The molecule has 0 aliphatic heterocycles. The van der Waals surface area contributed by atoms with Gasteiger partial charge in [-0.05, 0) is 12.1 Å². The van der Waals surface area contributed by atoms with Crippen molar-refractivity contribution in [2.45, 2.75) is 0 Å². The number of carboxylic acid groups (broad SMARTS) is 1. The molecular weight excluding hydrogens is 234 g/mol. The van der Waals surface area contributed by atoms with Crippen molar-refractivity contribution in [2.24, 2.45) is 0 Å². The second kappa shape index (κ2) is 3.85. The Hall–Kier alpha value is -2.44. The number of nitrogens with two attached hydrogens (primary N) is 1. The average Bonchev–Trinajstić information content (AvgIpc) is 2.68. The van der Waals surface area contributed by atoms with E-state index in [1.165, 1.54) is 6.07 Å². The summed E-state index contributed by atoms with van der Waals surface area (Å²) in [6.45, 7) is 0. The zero-order chi connectivity index (χ0) is 12.6.